The summed E-state index contributed by atoms with van der Waals surface area (Å²) < 4.78 is 1.13. The Kier molecular flexibility index (Phi) is 3.61. The molecule has 0 amide bonds. The number of aryl methyl sites for hydroxylation is 1. The van der Waals surface area contributed by atoms with Crippen LogP contribution in [0.15, 0.2) is 46.9 Å². The molecular weight excluding hydrogens is 298 g/mol. The average molecular weight is 316 g/mol. The molecule has 1 nitrogen and oxygen atoms in total. The van der Waals surface area contributed by atoms with Gasteiger partial charge in [-0.05, 0) is 70.4 Å². The van der Waals surface area contributed by atoms with Crippen LogP contribution in [0.25, 0.3) is 0 Å². The Morgan fingerprint density at radius 3 is 2.47 bits per heavy atom. The fourth-order valence-electron chi connectivity index (χ4n) is 2.29. The van der Waals surface area contributed by atoms with Crippen molar-refractivity contribution in [1.82, 2.24) is 0 Å². The first-order valence-corrected chi connectivity index (χ1v) is 7.60. The smallest absolute Gasteiger partial charge is 0.0487 e. The molecule has 0 radical (unpaired) electrons. The van der Waals surface area contributed by atoms with Gasteiger partial charge in [0.25, 0.3) is 0 Å². The van der Waals surface area contributed by atoms with Crippen LogP contribution in [-0.4, -0.2) is 0 Å². The monoisotopic (exact) mass is 315 g/mol. The van der Waals surface area contributed by atoms with E-state index >= 15 is 0 Å². The number of hydrogen-bond donors (Lipinski definition) is 1. The highest BCUT2D eigenvalue weighted by molar-refractivity contribution is 9.10. The van der Waals surface area contributed by atoms with E-state index in [4.69, 9.17) is 0 Å². The fraction of sp³-hybridized carbons (Fsp3) is 0.294. The number of hydrogen-bond acceptors (Lipinski definition) is 1. The number of nitrogens with one attached hydrogen (secondary N) is 1. The van der Waals surface area contributed by atoms with Gasteiger partial charge in [-0.15, -0.1) is 0 Å². The molecule has 1 N–H and O–H groups in total. The zero-order chi connectivity index (χ0) is 13.2. The third kappa shape index (κ3) is 3.19. The zero-order valence-electron chi connectivity index (χ0n) is 11.1. The zero-order valence-corrected chi connectivity index (χ0v) is 12.7. The topological polar surface area (TPSA) is 12.0 Å². The normalized spacial score (nSPS) is 14.4. The van der Waals surface area contributed by atoms with E-state index in [1.54, 1.807) is 0 Å². The Morgan fingerprint density at radius 2 is 1.84 bits per heavy atom. The van der Waals surface area contributed by atoms with Crippen LogP contribution in [-0.2, 0) is 6.54 Å². The minimum absolute atomic E-state index is 0.841. The van der Waals surface area contributed by atoms with Crippen LogP contribution >= 0.6 is 15.9 Å². The first-order chi connectivity index (χ1) is 9.22. The molecule has 0 unspecified atom stereocenters. The molecule has 1 aliphatic rings. The van der Waals surface area contributed by atoms with Gasteiger partial charge in [-0.3, -0.25) is 0 Å². The molecule has 98 valence electrons. The predicted molar refractivity (Wildman–Crippen MR) is 84.6 cm³/mol. The molecule has 2 aromatic carbocycles. The number of halogens is 1. The van der Waals surface area contributed by atoms with E-state index in [0.29, 0.717) is 0 Å². The lowest BCUT2D eigenvalue weighted by atomic mass is 10.1. The summed E-state index contributed by atoms with van der Waals surface area (Å²) in [4.78, 5) is 0. The SMILES string of the molecule is Cc1ccc(NCc2ccc(C3CC3)cc2)c(Br)c1. The van der Waals surface area contributed by atoms with Crippen molar-refractivity contribution in [3.63, 3.8) is 0 Å². The Bertz CT molecular complexity index is 570. The van der Waals surface area contributed by atoms with Crippen molar-refractivity contribution in [2.24, 2.45) is 0 Å². The van der Waals surface area contributed by atoms with Gasteiger partial charge in [0.2, 0.25) is 0 Å². The fourth-order valence-corrected chi connectivity index (χ4v) is 2.92. The second kappa shape index (κ2) is 5.38. The van der Waals surface area contributed by atoms with Crippen LogP contribution in [0, 0.1) is 6.92 Å². The highest BCUT2D eigenvalue weighted by Crippen LogP contribution is 2.39. The second-order valence-corrected chi connectivity index (χ2v) is 6.21. The van der Waals surface area contributed by atoms with Crippen molar-refractivity contribution in [3.05, 3.63) is 63.6 Å². The first-order valence-electron chi connectivity index (χ1n) is 6.81. The van der Waals surface area contributed by atoms with Crippen LogP contribution < -0.4 is 5.32 Å². The molecule has 19 heavy (non-hydrogen) atoms. The lowest BCUT2D eigenvalue weighted by molar-refractivity contribution is 1.10. The summed E-state index contributed by atoms with van der Waals surface area (Å²) in [6.45, 7) is 2.97. The molecule has 1 saturated carbocycles. The Labute approximate surface area is 123 Å². The van der Waals surface area contributed by atoms with Gasteiger partial charge in [-0.2, -0.15) is 0 Å². The number of rotatable bonds is 4. The molecule has 0 atom stereocenters. The standard InChI is InChI=1S/C17H18BrN/c1-12-2-9-17(16(18)10-12)19-11-13-3-5-14(6-4-13)15-7-8-15/h2-6,9-10,15,19H,7-8,11H2,1H3. The summed E-state index contributed by atoms with van der Waals surface area (Å²) in [7, 11) is 0. The second-order valence-electron chi connectivity index (χ2n) is 5.35. The molecule has 1 fully saturated rings. The van der Waals surface area contributed by atoms with Gasteiger partial charge in [0.15, 0.2) is 0 Å². The quantitative estimate of drug-likeness (QED) is 0.812. The van der Waals surface area contributed by atoms with Crippen molar-refractivity contribution >= 4 is 21.6 Å². The van der Waals surface area contributed by atoms with E-state index in [-0.39, 0.29) is 0 Å². The van der Waals surface area contributed by atoms with Crippen molar-refractivity contribution in [2.75, 3.05) is 5.32 Å². The van der Waals surface area contributed by atoms with Crippen LogP contribution in [0.2, 0.25) is 0 Å². The molecule has 2 heteroatoms. The van der Waals surface area contributed by atoms with Gasteiger partial charge in [0.05, 0.1) is 0 Å². The number of benzene rings is 2. The molecule has 0 spiro atoms. The summed E-state index contributed by atoms with van der Waals surface area (Å²) in [5, 5.41) is 3.47. The highest BCUT2D eigenvalue weighted by Gasteiger charge is 2.22. The van der Waals surface area contributed by atoms with Crippen LogP contribution in [0.1, 0.15) is 35.4 Å². The van der Waals surface area contributed by atoms with Gasteiger partial charge in [-0.1, -0.05) is 30.3 Å². The summed E-state index contributed by atoms with van der Waals surface area (Å²) in [5.41, 5.74) is 5.25. The molecule has 2 aromatic rings. The molecule has 0 saturated heterocycles. The van der Waals surface area contributed by atoms with E-state index in [1.165, 1.54) is 29.5 Å². The maximum Gasteiger partial charge on any atom is 0.0487 e. The van der Waals surface area contributed by atoms with Gasteiger partial charge in [0.1, 0.15) is 0 Å². The lowest BCUT2D eigenvalue weighted by Gasteiger charge is -2.10. The summed E-state index contributed by atoms with van der Waals surface area (Å²) in [6.07, 6.45) is 2.74. The molecule has 0 bridgehead atoms. The summed E-state index contributed by atoms with van der Waals surface area (Å²) in [5.74, 6) is 0.841. The van der Waals surface area contributed by atoms with E-state index in [2.05, 4.69) is 70.6 Å². The molecule has 1 aliphatic carbocycles. The molecular formula is C17H18BrN. The molecule has 0 aliphatic heterocycles. The summed E-state index contributed by atoms with van der Waals surface area (Å²) >= 11 is 3.60. The van der Waals surface area contributed by atoms with E-state index < -0.39 is 0 Å². The third-order valence-electron chi connectivity index (χ3n) is 3.64. The maximum absolute atomic E-state index is 3.60. The highest BCUT2D eigenvalue weighted by atomic mass is 79.9. The first kappa shape index (κ1) is 12.7. The Hall–Kier alpha value is -1.28. The van der Waals surface area contributed by atoms with Crippen molar-refractivity contribution in [3.8, 4) is 0 Å². The van der Waals surface area contributed by atoms with E-state index in [9.17, 15) is 0 Å². The van der Waals surface area contributed by atoms with Crippen molar-refractivity contribution in [1.29, 1.82) is 0 Å². The number of anilines is 1. The average Bonchev–Trinajstić information content (AvgIpc) is 3.23. The Balaban J connectivity index is 1.64. The minimum Gasteiger partial charge on any atom is -0.380 e. The predicted octanol–water partition coefficient (Wildman–Crippen LogP) is 5.25. The van der Waals surface area contributed by atoms with Gasteiger partial charge < -0.3 is 5.32 Å². The van der Waals surface area contributed by atoms with Crippen LogP contribution in [0.3, 0.4) is 0 Å². The minimum atomic E-state index is 0.841. The molecule has 3 rings (SSSR count). The van der Waals surface area contributed by atoms with Crippen molar-refractivity contribution in [2.45, 2.75) is 32.2 Å². The van der Waals surface area contributed by atoms with Gasteiger partial charge in [0, 0.05) is 16.7 Å². The third-order valence-corrected chi connectivity index (χ3v) is 4.29. The molecule has 0 aromatic heterocycles. The van der Waals surface area contributed by atoms with Crippen LogP contribution in [0.4, 0.5) is 5.69 Å². The van der Waals surface area contributed by atoms with Crippen LogP contribution in [0.5, 0.6) is 0 Å². The summed E-state index contributed by atoms with van der Waals surface area (Å²) in [6, 6.07) is 15.4. The molecule has 0 heterocycles. The van der Waals surface area contributed by atoms with Gasteiger partial charge in [-0.25, -0.2) is 0 Å². The Morgan fingerprint density at radius 1 is 1.11 bits per heavy atom. The maximum atomic E-state index is 3.60. The van der Waals surface area contributed by atoms with E-state index in [0.717, 1.165) is 22.6 Å². The van der Waals surface area contributed by atoms with Crippen molar-refractivity contribution < 1.29 is 0 Å². The lowest BCUT2D eigenvalue weighted by Crippen LogP contribution is -2.00. The van der Waals surface area contributed by atoms with E-state index in [1.807, 2.05) is 0 Å². The largest absolute Gasteiger partial charge is 0.380 e. The van der Waals surface area contributed by atoms with Gasteiger partial charge >= 0.3 is 0 Å².